The lowest BCUT2D eigenvalue weighted by atomic mass is 10.0. The van der Waals surface area contributed by atoms with Gasteiger partial charge in [-0.1, -0.05) is 37.3 Å². The number of pyridine rings is 1. The number of rotatable bonds is 4. The Hall–Kier alpha value is -2.16. The predicted molar refractivity (Wildman–Crippen MR) is 68.5 cm³/mol. The molecule has 0 aliphatic carbocycles. The summed E-state index contributed by atoms with van der Waals surface area (Å²) in [6.07, 6.45) is 2.67. The molecule has 1 atom stereocenters. The van der Waals surface area contributed by atoms with Crippen LogP contribution in [-0.4, -0.2) is 11.1 Å². The highest BCUT2D eigenvalue weighted by Crippen LogP contribution is 2.16. The SMILES string of the molecule is CCC(c1ccccc1)[n+]1ccccc1C(=O)O. The Morgan fingerprint density at radius 1 is 1.17 bits per heavy atom. The zero-order valence-electron chi connectivity index (χ0n) is 10.3. The minimum absolute atomic E-state index is 0.0542. The molecule has 0 aliphatic heterocycles. The molecule has 0 radical (unpaired) electrons. The topological polar surface area (TPSA) is 41.2 Å². The Balaban J connectivity index is 2.49. The van der Waals surface area contributed by atoms with Gasteiger partial charge < -0.3 is 5.11 Å². The third-order valence-corrected chi connectivity index (χ3v) is 3.02. The first kappa shape index (κ1) is 12.3. The minimum atomic E-state index is -0.898. The van der Waals surface area contributed by atoms with Crippen molar-refractivity contribution in [3.8, 4) is 0 Å². The van der Waals surface area contributed by atoms with E-state index in [-0.39, 0.29) is 6.04 Å². The van der Waals surface area contributed by atoms with Crippen molar-refractivity contribution < 1.29 is 14.5 Å². The quantitative estimate of drug-likeness (QED) is 0.837. The van der Waals surface area contributed by atoms with Gasteiger partial charge in [-0.05, 0) is 6.07 Å². The predicted octanol–water partition coefficient (Wildman–Crippen LogP) is 2.67. The van der Waals surface area contributed by atoms with Crippen molar-refractivity contribution in [2.75, 3.05) is 0 Å². The molecule has 0 bridgehead atoms. The number of carboxylic acid groups (broad SMARTS) is 1. The molecule has 0 saturated carbocycles. The molecule has 1 heterocycles. The third-order valence-electron chi connectivity index (χ3n) is 3.02. The van der Waals surface area contributed by atoms with E-state index in [9.17, 15) is 9.90 Å². The monoisotopic (exact) mass is 242 g/mol. The van der Waals surface area contributed by atoms with Gasteiger partial charge in [0.25, 0.3) is 5.69 Å². The van der Waals surface area contributed by atoms with Crippen molar-refractivity contribution in [1.29, 1.82) is 0 Å². The molecule has 1 unspecified atom stereocenters. The van der Waals surface area contributed by atoms with Crippen LogP contribution in [0, 0.1) is 0 Å². The minimum Gasteiger partial charge on any atom is -0.473 e. The highest BCUT2D eigenvalue weighted by Gasteiger charge is 2.25. The molecule has 0 fully saturated rings. The first-order valence-electron chi connectivity index (χ1n) is 6.02. The van der Waals surface area contributed by atoms with Crippen LogP contribution in [-0.2, 0) is 0 Å². The van der Waals surface area contributed by atoms with Gasteiger partial charge in [-0.25, -0.2) is 4.79 Å². The van der Waals surface area contributed by atoms with Gasteiger partial charge in [0.05, 0.1) is 0 Å². The highest BCUT2D eigenvalue weighted by atomic mass is 16.4. The van der Waals surface area contributed by atoms with Crippen molar-refractivity contribution in [2.24, 2.45) is 0 Å². The Bertz CT molecular complexity index is 537. The molecule has 2 rings (SSSR count). The lowest BCUT2D eigenvalue weighted by Crippen LogP contribution is -2.45. The van der Waals surface area contributed by atoms with Gasteiger partial charge in [0.15, 0.2) is 12.2 Å². The molecule has 0 amide bonds. The van der Waals surface area contributed by atoms with Gasteiger partial charge in [-0.3, -0.25) is 0 Å². The van der Waals surface area contributed by atoms with Gasteiger partial charge >= 0.3 is 5.97 Å². The lowest BCUT2D eigenvalue weighted by molar-refractivity contribution is -0.716. The first-order chi connectivity index (χ1) is 8.74. The Labute approximate surface area is 106 Å². The van der Waals surface area contributed by atoms with E-state index in [0.29, 0.717) is 5.69 Å². The molecule has 3 nitrogen and oxygen atoms in total. The summed E-state index contributed by atoms with van der Waals surface area (Å²) < 4.78 is 1.82. The summed E-state index contributed by atoms with van der Waals surface area (Å²) in [5.74, 6) is -0.898. The number of nitrogens with zero attached hydrogens (tertiary/aromatic N) is 1. The summed E-state index contributed by atoms with van der Waals surface area (Å²) in [5, 5.41) is 9.24. The van der Waals surface area contributed by atoms with Gasteiger partial charge in [-0.15, -0.1) is 0 Å². The van der Waals surface area contributed by atoms with Crippen LogP contribution in [0.5, 0.6) is 0 Å². The zero-order chi connectivity index (χ0) is 13.0. The van der Waals surface area contributed by atoms with Gasteiger partial charge in [0, 0.05) is 24.1 Å². The van der Waals surface area contributed by atoms with Crippen LogP contribution in [0.1, 0.15) is 35.4 Å². The normalized spacial score (nSPS) is 12.1. The number of aromatic carboxylic acids is 1. The molecule has 1 N–H and O–H groups in total. The standard InChI is InChI=1S/C15H15NO2/c1-2-13(12-8-4-3-5-9-12)16-11-7-6-10-14(16)15(17)18/h3-11,13H,2H2,1H3/p+1. The second-order valence-electron chi connectivity index (χ2n) is 4.13. The van der Waals surface area contributed by atoms with Crippen LogP contribution in [0.4, 0.5) is 0 Å². The molecule has 2 aromatic rings. The van der Waals surface area contributed by atoms with Crippen LogP contribution < -0.4 is 4.57 Å². The summed E-state index contributed by atoms with van der Waals surface area (Å²) in [4.78, 5) is 11.3. The lowest BCUT2D eigenvalue weighted by Gasteiger charge is -2.12. The number of carboxylic acids is 1. The largest absolute Gasteiger partial charge is 0.473 e. The molecule has 3 heteroatoms. The van der Waals surface area contributed by atoms with E-state index in [1.807, 2.05) is 47.2 Å². The maximum absolute atomic E-state index is 11.3. The number of carbonyl (C=O) groups is 1. The van der Waals surface area contributed by atoms with Gasteiger partial charge in [0.2, 0.25) is 0 Å². The second-order valence-corrected chi connectivity index (χ2v) is 4.13. The van der Waals surface area contributed by atoms with Crippen molar-refractivity contribution >= 4 is 5.97 Å². The van der Waals surface area contributed by atoms with Crippen molar-refractivity contribution in [3.05, 3.63) is 66.0 Å². The molecule has 0 aliphatic rings. The maximum Gasteiger partial charge on any atom is 0.401 e. The Morgan fingerprint density at radius 3 is 2.44 bits per heavy atom. The van der Waals surface area contributed by atoms with Crippen LogP contribution in [0.3, 0.4) is 0 Å². The van der Waals surface area contributed by atoms with E-state index in [4.69, 9.17) is 0 Å². The fraction of sp³-hybridized carbons (Fsp3) is 0.200. The molecule has 92 valence electrons. The second kappa shape index (κ2) is 5.45. The number of hydrogen-bond donors (Lipinski definition) is 1. The fourth-order valence-corrected chi connectivity index (χ4v) is 2.18. The summed E-state index contributed by atoms with van der Waals surface area (Å²) >= 11 is 0. The fourth-order valence-electron chi connectivity index (χ4n) is 2.18. The number of aromatic nitrogens is 1. The first-order valence-corrected chi connectivity index (χ1v) is 6.02. The van der Waals surface area contributed by atoms with E-state index < -0.39 is 5.97 Å². The van der Waals surface area contributed by atoms with Crippen molar-refractivity contribution in [3.63, 3.8) is 0 Å². The van der Waals surface area contributed by atoms with E-state index >= 15 is 0 Å². The van der Waals surface area contributed by atoms with Crippen LogP contribution in [0.2, 0.25) is 0 Å². The summed E-state index contributed by atoms with van der Waals surface area (Å²) in [5.41, 5.74) is 1.44. The average molecular weight is 242 g/mol. The number of hydrogen-bond acceptors (Lipinski definition) is 1. The number of benzene rings is 1. The van der Waals surface area contributed by atoms with Gasteiger partial charge in [-0.2, -0.15) is 4.57 Å². The molecule has 1 aromatic heterocycles. The Morgan fingerprint density at radius 2 is 1.83 bits per heavy atom. The molecule has 0 saturated heterocycles. The van der Waals surface area contributed by atoms with Crippen LogP contribution >= 0.6 is 0 Å². The summed E-state index contributed by atoms with van der Waals surface area (Å²) in [6.45, 7) is 2.06. The molecule has 1 aromatic carbocycles. The van der Waals surface area contributed by atoms with E-state index in [1.54, 1.807) is 12.1 Å². The molecular formula is C15H16NO2+. The van der Waals surface area contributed by atoms with E-state index in [2.05, 4.69) is 6.92 Å². The maximum atomic E-state index is 11.3. The van der Waals surface area contributed by atoms with Crippen molar-refractivity contribution in [2.45, 2.75) is 19.4 Å². The van der Waals surface area contributed by atoms with Crippen LogP contribution in [0.15, 0.2) is 54.7 Å². The summed E-state index contributed by atoms with van der Waals surface area (Å²) in [6, 6.07) is 15.3. The van der Waals surface area contributed by atoms with Crippen molar-refractivity contribution in [1.82, 2.24) is 0 Å². The Kier molecular flexibility index (Phi) is 3.72. The molecule has 18 heavy (non-hydrogen) atoms. The van der Waals surface area contributed by atoms with Crippen LogP contribution in [0.25, 0.3) is 0 Å². The third kappa shape index (κ3) is 2.40. The smallest absolute Gasteiger partial charge is 0.401 e. The molecular weight excluding hydrogens is 226 g/mol. The molecule has 0 spiro atoms. The van der Waals surface area contributed by atoms with Gasteiger partial charge in [0.1, 0.15) is 0 Å². The van der Waals surface area contributed by atoms with E-state index in [1.165, 1.54) is 0 Å². The summed E-state index contributed by atoms with van der Waals surface area (Å²) in [7, 11) is 0. The zero-order valence-corrected chi connectivity index (χ0v) is 10.3. The highest BCUT2D eigenvalue weighted by molar-refractivity contribution is 5.83. The van der Waals surface area contributed by atoms with E-state index in [0.717, 1.165) is 12.0 Å². The average Bonchev–Trinajstić information content (AvgIpc) is 2.41.